The van der Waals surface area contributed by atoms with Crippen molar-refractivity contribution in [3.63, 3.8) is 0 Å². The molecule has 4 aromatic carbocycles. The van der Waals surface area contributed by atoms with E-state index in [2.05, 4.69) is 5.32 Å². The van der Waals surface area contributed by atoms with Crippen LogP contribution in [0.15, 0.2) is 95.4 Å². The summed E-state index contributed by atoms with van der Waals surface area (Å²) in [6.45, 7) is 0. The molecule has 1 aromatic heterocycles. The maximum atomic E-state index is 13.6. The third-order valence-electron chi connectivity index (χ3n) is 6.51. The monoisotopic (exact) mass is 528 g/mol. The molecule has 0 spiro atoms. The van der Waals surface area contributed by atoms with Gasteiger partial charge in [-0.15, -0.1) is 0 Å². The summed E-state index contributed by atoms with van der Waals surface area (Å²) in [5, 5.41) is 3.16. The van der Waals surface area contributed by atoms with Gasteiger partial charge in [0.25, 0.3) is 5.91 Å². The molecule has 5 aromatic rings. The van der Waals surface area contributed by atoms with Crippen LogP contribution in [0.5, 0.6) is 0 Å². The van der Waals surface area contributed by atoms with Crippen molar-refractivity contribution in [3.05, 3.63) is 102 Å². The first-order valence-corrected chi connectivity index (χ1v) is 13.7. The van der Waals surface area contributed by atoms with Gasteiger partial charge in [0.1, 0.15) is 17.2 Å². The third kappa shape index (κ3) is 4.66. The van der Waals surface area contributed by atoms with E-state index in [0.29, 0.717) is 27.8 Å². The first kappa shape index (κ1) is 25.2. The molecule has 0 bridgehead atoms. The van der Waals surface area contributed by atoms with Crippen molar-refractivity contribution in [1.82, 2.24) is 5.32 Å². The zero-order chi connectivity index (χ0) is 27.0. The molecule has 1 N–H and O–H groups in total. The zero-order valence-electron chi connectivity index (χ0n) is 21.0. The smallest absolute Gasteiger partial charge is 0.255 e. The van der Waals surface area contributed by atoms with Gasteiger partial charge in [0.05, 0.1) is 17.5 Å². The number of anilines is 1. The van der Waals surface area contributed by atoms with E-state index in [1.54, 1.807) is 12.1 Å². The normalized spacial score (nSPS) is 11.5. The van der Waals surface area contributed by atoms with Crippen LogP contribution >= 0.6 is 0 Å². The van der Waals surface area contributed by atoms with E-state index in [1.807, 2.05) is 54.6 Å². The number of furan rings is 1. The Morgan fingerprint density at radius 3 is 2.03 bits per heavy atom. The first-order chi connectivity index (χ1) is 18.2. The Morgan fingerprint density at radius 2 is 1.42 bits per heavy atom. The highest BCUT2D eigenvalue weighted by Crippen LogP contribution is 2.41. The van der Waals surface area contributed by atoms with Gasteiger partial charge in [-0.05, 0) is 47.0 Å². The van der Waals surface area contributed by atoms with Crippen LogP contribution < -0.4 is 9.62 Å². The van der Waals surface area contributed by atoms with Crippen LogP contribution in [0.25, 0.3) is 44.5 Å². The molecule has 5 rings (SSSR count). The number of sulfonamides is 1. The summed E-state index contributed by atoms with van der Waals surface area (Å²) in [5.74, 6) is -0.522. The quantitative estimate of drug-likeness (QED) is 0.279. The van der Waals surface area contributed by atoms with Crippen molar-refractivity contribution in [3.8, 4) is 33.6 Å². The van der Waals surface area contributed by atoms with E-state index in [1.165, 1.54) is 42.7 Å². The van der Waals surface area contributed by atoms with Crippen molar-refractivity contribution in [2.45, 2.75) is 0 Å². The van der Waals surface area contributed by atoms with Gasteiger partial charge >= 0.3 is 0 Å². The van der Waals surface area contributed by atoms with Crippen LogP contribution in [0.3, 0.4) is 0 Å². The summed E-state index contributed by atoms with van der Waals surface area (Å²) in [4.78, 5) is 13.0. The molecule has 0 saturated carbocycles. The molecule has 1 heterocycles. The van der Waals surface area contributed by atoms with E-state index < -0.39 is 15.8 Å². The maximum absolute atomic E-state index is 13.6. The second kappa shape index (κ2) is 9.79. The minimum atomic E-state index is -3.62. The Hall–Kier alpha value is -4.43. The van der Waals surface area contributed by atoms with E-state index in [-0.39, 0.29) is 17.2 Å². The Morgan fingerprint density at radius 1 is 0.842 bits per heavy atom. The van der Waals surface area contributed by atoms with E-state index in [9.17, 15) is 17.6 Å². The molecule has 0 unspecified atom stereocenters. The molecule has 6 nitrogen and oxygen atoms in total. The number of amides is 1. The maximum Gasteiger partial charge on any atom is 0.255 e. The minimum Gasteiger partial charge on any atom is -0.455 e. The number of carbonyl (C=O) groups excluding carboxylic acids is 1. The molecular weight excluding hydrogens is 503 g/mol. The van der Waals surface area contributed by atoms with Gasteiger partial charge in [-0.25, -0.2) is 12.8 Å². The Kier molecular flexibility index (Phi) is 6.50. The lowest BCUT2D eigenvalue weighted by atomic mass is 9.96. The Labute approximate surface area is 220 Å². The summed E-state index contributed by atoms with van der Waals surface area (Å²) in [6.07, 6.45) is 1.13. The van der Waals surface area contributed by atoms with E-state index >= 15 is 0 Å². The molecule has 0 aliphatic heterocycles. The number of hydrogen-bond donors (Lipinski definition) is 1. The second-order valence-electron chi connectivity index (χ2n) is 8.93. The lowest BCUT2D eigenvalue weighted by molar-refractivity contribution is 0.0964. The van der Waals surface area contributed by atoms with Gasteiger partial charge < -0.3 is 9.73 Å². The number of nitrogens with one attached hydrogen (secondary N) is 1. The molecule has 8 heteroatoms. The molecular formula is C30H25FN2O4S. The second-order valence-corrected chi connectivity index (χ2v) is 10.9. The van der Waals surface area contributed by atoms with Gasteiger partial charge in [-0.1, -0.05) is 54.6 Å². The van der Waals surface area contributed by atoms with Gasteiger partial charge in [0.15, 0.2) is 0 Å². The molecule has 0 fully saturated rings. The minimum absolute atomic E-state index is 0.267. The molecule has 0 radical (unpaired) electrons. The summed E-state index contributed by atoms with van der Waals surface area (Å²) in [6, 6.07) is 26.7. The largest absolute Gasteiger partial charge is 0.455 e. The van der Waals surface area contributed by atoms with Gasteiger partial charge in [-0.3, -0.25) is 9.10 Å². The van der Waals surface area contributed by atoms with Crippen molar-refractivity contribution >= 4 is 32.6 Å². The average Bonchev–Trinajstić information content (AvgIpc) is 3.30. The SMILES string of the molecule is CNC(=O)c1c(-c2ccc(F)cc2)oc2cc(N(C)S(C)(=O)=O)c(-c3ccc(-c4ccccc4)cc3)cc12. The van der Waals surface area contributed by atoms with Crippen molar-refractivity contribution < 1.29 is 22.0 Å². The number of rotatable bonds is 6. The predicted molar refractivity (Wildman–Crippen MR) is 149 cm³/mol. The highest BCUT2D eigenvalue weighted by Gasteiger charge is 2.26. The fourth-order valence-electron chi connectivity index (χ4n) is 4.43. The average molecular weight is 529 g/mol. The van der Waals surface area contributed by atoms with E-state index in [0.717, 1.165) is 22.9 Å². The fraction of sp³-hybridized carbons (Fsp3) is 0.100. The predicted octanol–water partition coefficient (Wildman–Crippen LogP) is 6.33. The van der Waals surface area contributed by atoms with Crippen molar-refractivity contribution in [2.75, 3.05) is 24.7 Å². The van der Waals surface area contributed by atoms with Crippen LogP contribution in [-0.2, 0) is 10.0 Å². The van der Waals surface area contributed by atoms with Gasteiger partial charge in [-0.2, -0.15) is 0 Å². The molecule has 0 atom stereocenters. The van der Waals surface area contributed by atoms with Crippen LogP contribution in [-0.4, -0.2) is 34.7 Å². The molecule has 0 aliphatic rings. The number of benzene rings is 4. The van der Waals surface area contributed by atoms with Crippen molar-refractivity contribution in [2.24, 2.45) is 0 Å². The summed E-state index contributed by atoms with van der Waals surface area (Å²) in [5.41, 5.74) is 4.99. The number of halogens is 1. The summed E-state index contributed by atoms with van der Waals surface area (Å²) < 4.78 is 46.0. The van der Waals surface area contributed by atoms with Gasteiger partial charge in [0.2, 0.25) is 10.0 Å². The fourth-order valence-corrected chi connectivity index (χ4v) is 4.94. The van der Waals surface area contributed by atoms with Crippen molar-refractivity contribution in [1.29, 1.82) is 0 Å². The standard InChI is InChI=1S/C30H25FN2O4S/c1-32-30(34)28-25-17-24(21-11-9-20(10-12-21)19-7-5-4-6-8-19)26(33(2)38(3,35)36)18-27(25)37-29(28)22-13-15-23(31)16-14-22/h4-18H,1-3H3,(H,32,34). The highest BCUT2D eigenvalue weighted by atomic mass is 32.2. The lowest BCUT2D eigenvalue weighted by Gasteiger charge is -2.21. The summed E-state index contributed by atoms with van der Waals surface area (Å²) >= 11 is 0. The van der Waals surface area contributed by atoms with Crippen LogP contribution in [0.1, 0.15) is 10.4 Å². The van der Waals surface area contributed by atoms with Gasteiger partial charge in [0, 0.05) is 36.7 Å². The Balaban J connectivity index is 1.76. The third-order valence-corrected chi connectivity index (χ3v) is 7.70. The molecule has 1 amide bonds. The Bertz CT molecular complexity index is 1740. The molecule has 0 saturated heterocycles. The van der Waals surface area contributed by atoms with Crippen LogP contribution in [0.2, 0.25) is 0 Å². The number of fused-ring (bicyclic) bond motifs is 1. The summed E-state index contributed by atoms with van der Waals surface area (Å²) in [7, 11) is -0.624. The molecule has 0 aliphatic carbocycles. The topological polar surface area (TPSA) is 79.6 Å². The molecule has 38 heavy (non-hydrogen) atoms. The number of nitrogens with zero attached hydrogens (tertiary/aromatic N) is 1. The zero-order valence-corrected chi connectivity index (χ0v) is 21.8. The number of carbonyl (C=O) groups is 1. The first-order valence-electron chi connectivity index (χ1n) is 11.9. The highest BCUT2D eigenvalue weighted by molar-refractivity contribution is 7.92. The van der Waals surface area contributed by atoms with Crippen LogP contribution in [0.4, 0.5) is 10.1 Å². The van der Waals surface area contributed by atoms with Crippen LogP contribution in [0, 0.1) is 5.82 Å². The molecule has 192 valence electrons. The van der Waals surface area contributed by atoms with E-state index in [4.69, 9.17) is 4.42 Å². The number of hydrogen-bond acceptors (Lipinski definition) is 4. The lowest BCUT2D eigenvalue weighted by Crippen LogP contribution is -2.25.